The summed E-state index contributed by atoms with van der Waals surface area (Å²) in [6, 6.07) is 7.49. The van der Waals surface area contributed by atoms with Gasteiger partial charge >= 0.3 is 0 Å². The van der Waals surface area contributed by atoms with Gasteiger partial charge in [0.2, 0.25) is 10.0 Å². The van der Waals surface area contributed by atoms with Gasteiger partial charge < -0.3 is 5.11 Å². The predicted octanol–water partition coefficient (Wildman–Crippen LogP) is 2.17. The van der Waals surface area contributed by atoms with Gasteiger partial charge in [0.05, 0.1) is 6.61 Å². The van der Waals surface area contributed by atoms with Gasteiger partial charge in [0.15, 0.2) is 0 Å². The summed E-state index contributed by atoms with van der Waals surface area (Å²) in [7, 11) is -3.70. The second-order valence-electron chi connectivity index (χ2n) is 4.25. The molecule has 7 heteroatoms. The van der Waals surface area contributed by atoms with Crippen molar-refractivity contribution in [2.24, 2.45) is 0 Å². The van der Waals surface area contributed by atoms with Crippen LogP contribution in [0.25, 0.3) is 0 Å². The van der Waals surface area contributed by atoms with Gasteiger partial charge in [-0.25, -0.2) is 17.5 Å². The highest BCUT2D eigenvalue weighted by atomic mass is 32.2. The molecule has 0 saturated carbocycles. The summed E-state index contributed by atoms with van der Waals surface area (Å²) in [5, 5.41) is 9.09. The molecule has 0 aliphatic rings. The summed E-state index contributed by atoms with van der Waals surface area (Å²) in [6.07, 6.45) is 0. The standard InChI is InChI=1S/C13H14FNO3S2/c1-9-6-13(19-12(9)8-16)20(17,18)15-7-10-4-2-3-5-11(10)14/h2-6,15-16H,7-8H2,1H3. The highest BCUT2D eigenvalue weighted by Gasteiger charge is 2.18. The Hall–Kier alpha value is -1.28. The molecule has 1 aromatic heterocycles. The molecule has 0 aliphatic carbocycles. The largest absolute Gasteiger partial charge is 0.391 e. The number of hydrogen-bond acceptors (Lipinski definition) is 4. The average Bonchev–Trinajstić information content (AvgIpc) is 2.80. The first-order valence-corrected chi connectivity index (χ1v) is 8.17. The van der Waals surface area contributed by atoms with Crippen molar-refractivity contribution in [3.63, 3.8) is 0 Å². The van der Waals surface area contributed by atoms with Crippen LogP contribution >= 0.6 is 11.3 Å². The number of benzene rings is 1. The maximum atomic E-state index is 13.4. The fraction of sp³-hybridized carbons (Fsp3) is 0.231. The Labute approximate surface area is 120 Å². The highest BCUT2D eigenvalue weighted by molar-refractivity contribution is 7.91. The van der Waals surface area contributed by atoms with E-state index in [2.05, 4.69) is 4.72 Å². The van der Waals surface area contributed by atoms with Gasteiger partial charge in [-0.1, -0.05) is 18.2 Å². The molecule has 0 radical (unpaired) electrons. The van der Waals surface area contributed by atoms with Gasteiger partial charge in [0, 0.05) is 17.0 Å². The molecule has 4 nitrogen and oxygen atoms in total. The molecule has 1 aromatic carbocycles. The van der Waals surface area contributed by atoms with Crippen molar-refractivity contribution < 1.29 is 17.9 Å². The van der Waals surface area contributed by atoms with E-state index < -0.39 is 15.8 Å². The molecule has 2 aromatic rings. The van der Waals surface area contributed by atoms with Crippen LogP contribution in [0, 0.1) is 12.7 Å². The van der Waals surface area contributed by atoms with Crippen LogP contribution in [0.2, 0.25) is 0 Å². The lowest BCUT2D eigenvalue weighted by Crippen LogP contribution is -2.22. The van der Waals surface area contributed by atoms with E-state index in [1.54, 1.807) is 19.1 Å². The quantitative estimate of drug-likeness (QED) is 0.888. The van der Waals surface area contributed by atoms with E-state index in [1.807, 2.05) is 0 Å². The summed E-state index contributed by atoms with van der Waals surface area (Å²) < 4.78 is 40.1. The first-order chi connectivity index (χ1) is 9.44. The normalized spacial score (nSPS) is 11.8. The minimum atomic E-state index is -3.70. The smallest absolute Gasteiger partial charge is 0.250 e. The number of nitrogens with one attached hydrogen (secondary N) is 1. The third kappa shape index (κ3) is 3.24. The van der Waals surface area contributed by atoms with Crippen molar-refractivity contribution in [1.29, 1.82) is 0 Å². The molecule has 0 saturated heterocycles. The van der Waals surface area contributed by atoms with Crippen molar-refractivity contribution in [1.82, 2.24) is 4.72 Å². The molecule has 0 amide bonds. The van der Waals surface area contributed by atoms with Gasteiger partial charge in [-0.3, -0.25) is 0 Å². The van der Waals surface area contributed by atoms with Crippen LogP contribution < -0.4 is 4.72 Å². The zero-order chi connectivity index (χ0) is 14.8. The number of halogens is 1. The van der Waals surface area contributed by atoms with Gasteiger partial charge in [0.25, 0.3) is 0 Å². The molecule has 1 heterocycles. The average molecular weight is 315 g/mol. The third-order valence-corrected chi connectivity index (χ3v) is 5.91. The topological polar surface area (TPSA) is 66.4 Å². The van der Waals surface area contributed by atoms with Crippen LogP contribution in [0.5, 0.6) is 0 Å². The van der Waals surface area contributed by atoms with Crippen molar-refractivity contribution in [2.45, 2.75) is 24.3 Å². The minimum absolute atomic E-state index is 0.111. The number of rotatable bonds is 5. The van der Waals surface area contributed by atoms with Gasteiger partial charge in [-0.2, -0.15) is 0 Å². The van der Waals surface area contributed by atoms with Crippen molar-refractivity contribution in [2.75, 3.05) is 0 Å². The van der Waals surface area contributed by atoms with Gasteiger partial charge in [0.1, 0.15) is 10.0 Å². The van der Waals surface area contributed by atoms with E-state index in [0.29, 0.717) is 4.88 Å². The summed E-state index contributed by atoms with van der Waals surface area (Å²) in [6.45, 7) is 1.43. The minimum Gasteiger partial charge on any atom is -0.391 e. The van der Waals surface area contributed by atoms with E-state index in [-0.39, 0.29) is 22.9 Å². The fourth-order valence-corrected chi connectivity index (χ4v) is 4.16. The Balaban J connectivity index is 2.17. The number of thiophene rings is 1. The van der Waals surface area contributed by atoms with E-state index in [9.17, 15) is 12.8 Å². The molecular formula is C13H14FNO3S2. The summed E-state index contributed by atoms with van der Waals surface area (Å²) in [5.41, 5.74) is 1.01. The van der Waals surface area contributed by atoms with Crippen LogP contribution in [-0.2, 0) is 23.2 Å². The molecule has 0 atom stereocenters. The van der Waals surface area contributed by atoms with Gasteiger partial charge in [-0.15, -0.1) is 11.3 Å². The fourth-order valence-electron chi connectivity index (χ4n) is 1.66. The first-order valence-electron chi connectivity index (χ1n) is 5.87. The van der Waals surface area contributed by atoms with Crippen LogP contribution in [-0.4, -0.2) is 13.5 Å². The van der Waals surface area contributed by atoms with Crippen LogP contribution in [0.15, 0.2) is 34.5 Å². The Morgan fingerprint density at radius 2 is 2.05 bits per heavy atom. The van der Waals surface area contributed by atoms with E-state index in [0.717, 1.165) is 16.9 Å². The molecule has 0 fully saturated rings. The number of sulfonamides is 1. The maximum Gasteiger partial charge on any atom is 0.250 e. The molecule has 0 aliphatic heterocycles. The summed E-state index contributed by atoms with van der Waals surface area (Å²) in [5.74, 6) is -0.450. The number of aliphatic hydroxyl groups excluding tert-OH is 1. The SMILES string of the molecule is Cc1cc(S(=O)(=O)NCc2ccccc2F)sc1CO. The molecule has 2 N–H and O–H groups in total. The Morgan fingerprint density at radius 3 is 2.65 bits per heavy atom. The monoisotopic (exact) mass is 315 g/mol. The van der Waals surface area contributed by atoms with E-state index >= 15 is 0 Å². The van der Waals surface area contributed by atoms with Gasteiger partial charge in [-0.05, 0) is 24.6 Å². The highest BCUT2D eigenvalue weighted by Crippen LogP contribution is 2.26. The van der Waals surface area contributed by atoms with Crippen molar-refractivity contribution in [3.05, 3.63) is 52.2 Å². The van der Waals surface area contributed by atoms with Crippen LogP contribution in [0.3, 0.4) is 0 Å². The molecule has 2 rings (SSSR count). The molecule has 108 valence electrons. The van der Waals surface area contributed by atoms with Crippen LogP contribution in [0.1, 0.15) is 16.0 Å². The number of aliphatic hydroxyl groups is 1. The summed E-state index contributed by atoms with van der Waals surface area (Å²) in [4.78, 5) is 0.608. The zero-order valence-corrected chi connectivity index (χ0v) is 12.4. The van der Waals surface area contributed by atoms with E-state index in [4.69, 9.17) is 5.11 Å². The molecular weight excluding hydrogens is 301 g/mol. The Bertz CT molecular complexity index is 710. The summed E-state index contributed by atoms with van der Waals surface area (Å²) >= 11 is 1.01. The third-order valence-electron chi connectivity index (χ3n) is 2.82. The zero-order valence-electron chi connectivity index (χ0n) is 10.8. The van der Waals surface area contributed by atoms with Crippen molar-refractivity contribution in [3.8, 4) is 0 Å². The van der Waals surface area contributed by atoms with Crippen molar-refractivity contribution >= 4 is 21.4 Å². The lowest BCUT2D eigenvalue weighted by Gasteiger charge is -2.05. The lowest BCUT2D eigenvalue weighted by molar-refractivity contribution is 0.285. The van der Waals surface area contributed by atoms with Crippen LogP contribution in [0.4, 0.5) is 4.39 Å². The molecule has 20 heavy (non-hydrogen) atoms. The molecule has 0 spiro atoms. The molecule has 0 bridgehead atoms. The first kappa shape index (κ1) is 15.1. The Kier molecular flexibility index (Phi) is 4.54. The number of hydrogen-bond donors (Lipinski definition) is 2. The second-order valence-corrected chi connectivity index (χ2v) is 7.38. The van der Waals surface area contributed by atoms with E-state index in [1.165, 1.54) is 18.2 Å². The Morgan fingerprint density at radius 1 is 1.35 bits per heavy atom. The number of aryl methyl sites for hydroxylation is 1. The lowest BCUT2D eigenvalue weighted by atomic mass is 10.2. The maximum absolute atomic E-state index is 13.4. The molecule has 0 unspecified atom stereocenters. The second kappa shape index (κ2) is 6.01. The predicted molar refractivity (Wildman–Crippen MR) is 75.4 cm³/mol.